The highest BCUT2D eigenvalue weighted by molar-refractivity contribution is 9.10. The van der Waals surface area contributed by atoms with E-state index in [9.17, 15) is 0 Å². The van der Waals surface area contributed by atoms with Crippen LogP contribution >= 0.6 is 15.9 Å². The van der Waals surface area contributed by atoms with E-state index in [1.54, 1.807) is 0 Å². The molecule has 1 aliphatic heterocycles. The zero-order valence-electron chi connectivity index (χ0n) is 13.0. The lowest BCUT2D eigenvalue weighted by molar-refractivity contribution is -0.0712. The largest absolute Gasteiger partial charge is 0.373 e. The molecule has 1 aromatic carbocycles. The van der Waals surface area contributed by atoms with Crippen LogP contribution in [0.4, 0.5) is 0 Å². The van der Waals surface area contributed by atoms with E-state index in [1.807, 2.05) is 16.8 Å². The first kappa shape index (κ1) is 15.6. The molecule has 2 heterocycles. The summed E-state index contributed by atoms with van der Waals surface area (Å²) in [6.07, 6.45) is 0.477. The summed E-state index contributed by atoms with van der Waals surface area (Å²) in [7, 11) is 0. The van der Waals surface area contributed by atoms with E-state index in [4.69, 9.17) is 4.74 Å². The van der Waals surface area contributed by atoms with Gasteiger partial charge in [-0.15, -0.1) is 5.10 Å². The Bertz CT molecular complexity index is 649. The lowest BCUT2D eigenvalue weighted by atomic mass is 10.2. The van der Waals surface area contributed by atoms with Gasteiger partial charge in [-0.3, -0.25) is 4.90 Å². The highest BCUT2D eigenvalue weighted by atomic mass is 79.9. The van der Waals surface area contributed by atoms with Crippen molar-refractivity contribution in [1.82, 2.24) is 25.1 Å². The number of halogens is 1. The fourth-order valence-electron chi connectivity index (χ4n) is 2.96. The minimum Gasteiger partial charge on any atom is -0.373 e. The molecular weight excluding hydrogens is 346 g/mol. The van der Waals surface area contributed by atoms with Gasteiger partial charge in [0.2, 0.25) is 0 Å². The normalized spacial score (nSPS) is 22.9. The van der Waals surface area contributed by atoms with Gasteiger partial charge < -0.3 is 4.74 Å². The van der Waals surface area contributed by atoms with Crippen LogP contribution in [-0.2, 0) is 11.3 Å². The predicted octanol–water partition coefficient (Wildman–Crippen LogP) is 2.34. The minimum absolute atomic E-state index is 0.238. The molecule has 1 saturated heterocycles. The monoisotopic (exact) mass is 365 g/mol. The number of hydrogen-bond donors (Lipinski definition) is 0. The molecule has 2 aromatic rings. The number of ether oxygens (including phenoxy) is 1. The average Bonchev–Trinajstić information content (AvgIpc) is 2.85. The van der Waals surface area contributed by atoms with Gasteiger partial charge in [0, 0.05) is 17.6 Å². The van der Waals surface area contributed by atoms with Crippen molar-refractivity contribution in [2.45, 2.75) is 39.5 Å². The number of morpholine rings is 1. The van der Waals surface area contributed by atoms with E-state index in [1.165, 1.54) is 0 Å². The van der Waals surface area contributed by atoms with Crippen molar-refractivity contribution in [1.29, 1.82) is 0 Å². The van der Waals surface area contributed by atoms with Crippen molar-refractivity contribution in [2.24, 2.45) is 0 Å². The number of aryl methyl sites for hydroxylation is 1. The Morgan fingerprint density at radius 3 is 2.68 bits per heavy atom. The minimum atomic E-state index is 0.238. The summed E-state index contributed by atoms with van der Waals surface area (Å²) in [5.74, 6) is 0.853. The highest BCUT2D eigenvalue weighted by Gasteiger charge is 2.24. The van der Waals surface area contributed by atoms with Gasteiger partial charge in [0.05, 0.1) is 24.4 Å². The van der Waals surface area contributed by atoms with Crippen molar-refractivity contribution in [2.75, 3.05) is 13.1 Å². The third-order valence-electron chi connectivity index (χ3n) is 3.78. The summed E-state index contributed by atoms with van der Waals surface area (Å²) in [5, 5.41) is 12.2. The number of benzene rings is 1. The molecule has 3 rings (SSSR count). The molecule has 118 valence electrons. The maximum Gasteiger partial charge on any atom is 0.170 e. The molecule has 0 N–H and O–H groups in total. The first-order valence-electron chi connectivity index (χ1n) is 7.44. The van der Waals surface area contributed by atoms with Crippen LogP contribution in [0.3, 0.4) is 0 Å². The Morgan fingerprint density at radius 2 is 2.00 bits per heavy atom. The average molecular weight is 366 g/mol. The van der Waals surface area contributed by atoms with Gasteiger partial charge in [0.25, 0.3) is 0 Å². The molecule has 0 aliphatic carbocycles. The van der Waals surface area contributed by atoms with Gasteiger partial charge in [0.1, 0.15) is 0 Å². The molecule has 0 spiro atoms. The van der Waals surface area contributed by atoms with E-state index >= 15 is 0 Å². The fraction of sp³-hybridized carbons (Fsp3) is 0.533. The second kappa shape index (κ2) is 6.44. The molecular formula is C15H20BrN5O. The van der Waals surface area contributed by atoms with Crippen molar-refractivity contribution >= 4 is 15.9 Å². The van der Waals surface area contributed by atoms with Gasteiger partial charge in [-0.25, -0.2) is 0 Å². The lowest BCUT2D eigenvalue weighted by Gasteiger charge is -2.34. The second-order valence-electron chi connectivity index (χ2n) is 5.89. The molecule has 1 unspecified atom stereocenters. The summed E-state index contributed by atoms with van der Waals surface area (Å²) in [6, 6.07) is 6.11. The number of rotatable bonds is 3. The molecule has 1 aromatic heterocycles. The smallest absolute Gasteiger partial charge is 0.170 e. The molecule has 1 aliphatic rings. The van der Waals surface area contributed by atoms with Gasteiger partial charge in [-0.1, -0.05) is 15.9 Å². The quantitative estimate of drug-likeness (QED) is 0.835. The van der Waals surface area contributed by atoms with Crippen molar-refractivity contribution in [3.05, 3.63) is 34.1 Å². The molecule has 0 radical (unpaired) electrons. The third-order valence-corrected chi connectivity index (χ3v) is 4.27. The third kappa shape index (κ3) is 3.37. The van der Waals surface area contributed by atoms with Crippen LogP contribution in [0.1, 0.15) is 25.2 Å². The van der Waals surface area contributed by atoms with Gasteiger partial charge in [0.15, 0.2) is 5.82 Å². The number of tetrazole rings is 1. The molecule has 0 bridgehead atoms. The van der Waals surface area contributed by atoms with Gasteiger partial charge in [-0.05, 0) is 55.0 Å². The van der Waals surface area contributed by atoms with Crippen LogP contribution in [0.5, 0.6) is 0 Å². The first-order valence-corrected chi connectivity index (χ1v) is 8.24. The molecule has 0 saturated carbocycles. The molecule has 22 heavy (non-hydrogen) atoms. The Hall–Kier alpha value is -1.31. The lowest BCUT2D eigenvalue weighted by Crippen LogP contribution is -2.45. The summed E-state index contributed by atoms with van der Waals surface area (Å²) >= 11 is 3.49. The summed E-state index contributed by atoms with van der Waals surface area (Å²) in [5.41, 5.74) is 2.14. The zero-order valence-corrected chi connectivity index (χ0v) is 14.6. The van der Waals surface area contributed by atoms with E-state index in [-0.39, 0.29) is 12.2 Å². The summed E-state index contributed by atoms with van der Waals surface area (Å²) in [6.45, 7) is 8.78. The number of aromatic nitrogens is 4. The van der Waals surface area contributed by atoms with Crippen molar-refractivity contribution in [3.63, 3.8) is 0 Å². The van der Waals surface area contributed by atoms with Crippen LogP contribution in [-0.4, -0.2) is 50.4 Å². The van der Waals surface area contributed by atoms with Crippen LogP contribution in [0.25, 0.3) is 5.69 Å². The van der Waals surface area contributed by atoms with Crippen molar-refractivity contribution in [3.8, 4) is 5.69 Å². The molecule has 2 atom stereocenters. The second-order valence-corrected chi connectivity index (χ2v) is 6.80. The molecule has 7 heteroatoms. The van der Waals surface area contributed by atoms with Crippen LogP contribution in [0.2, 0.25) is 0 Å². The van der Waals surface area contributed by atoms with E-state index in [2.05, 4.69) is 63.2 Å². The first-order chi connectivity index (χ1) is 10.5. The van der Waals surface area contributed by atoms with Crippen LogP contribution < -0.4 is 0 Å². The van der Waals surface area contributed by atoms with Gasteiger partial charge >= 0.3 is 0 Å². The van der Waals surface area contributed by atoms with Gasteiger partial charge in [-0.2, -0.15) is 4.68 Å². The standard InChI is InChI=1S/C15H20BrN5O/c1-10-6-13(16)4-5-14(10)21-15(17-18-19-21)9-20-7-11(2)22-12(3)8-20/h4-6,11-12H,7-9H2,1-3H3/t11-,12?/m0/s1. The number of nitrogens with zero attached hydrogens (tertiary/aromatic N) is 5. The van der Waals surface area contributed by atoms with E-state index in [0.29, 0.717) is 0 Å². The van der Waals surface area contributed by atoms with E-state index < -0.39 is 0 Å². The van der Waals surface area contributed by atoms with Crippen molar-refractivity contribution < 1.29 is 4.74 Å². The fourth-order valence-corrected chi connectivity index (χ4v) is 3.44. The Morgan fingerprint density at radius 1 is 1.27 bits per heavy atom. The molecule has 6 nitrogen and oxygen atoms in total. The van der Waals surface area contributed by atoms with Crippen LogP contribution in [0.15, 0.2) is 22.7 Å². The maximum absolute atomic E-state index is 5.78. The number of hydrogen-bond acceptors (Lipinski definition) is 5. The summed E-state index contributed by atoms with van der Waals surface area (Å²) in [4.78, 5) is 2.34. The summed E-state index contributed by atoms with van der Waals surface area (Å²) < 4.78 is 8.66. The Labute approximate surface area is 138 Å². The van der Waals surface area contributed by atoms with E-state index in [0.717, 1.165) is 41.2 Å². The predicted molar refractivity (Wildman–Crippen MR) is 86.9 cm³/mol. The SMILES string of the molecule is Cc1cc(Br)ccc1-n1nnnc1CN1CC(C)O[C@@H](C)C1. The Balaban J connectivity index is 1.83. The molecule has 0 amide bonds. The highest BCUT2D eigenvalue weighted by Crippen LogP contribution is 2.20. The topological polar surface area (TPSA) is 56.1 Å². The van der Waals surface area contributed by atoms with Crippen LogP contribution in [0, 0.1) is 6.92 Å². The maximum atomic E-state index is 5.78. The Kier molecular flexibility index (Phi) is 4.56. The molecule has 1 fully saturated rings. The zero-order chi connectivity index (χ0) is 15.7.